The normalized spacial score (nSPS) is 16.7. The lowest BCUT2D eigenvalue weighted by Gasteiger charge is -2.25. The molecule has 4 aromatic carbocycles. The summed E-state index contributed by atoms with van der Waals surface area (Å²) < 4.78 is 15.6. The van der Waals surface area contributed by atoms with Gasteiger partial charge in [0.05, 0.1) is 109 Å². The summed E-state index contributed by atoms with van der Waals surface area (Å²) in [5, 5.41) is 10.3. The largest absolute Gasteiger partial charge is 0.381 e. The standard InChI is InChI=1S/C31H30ClN5O.C29H26ClN5O/c1-20-7-10-23(19-33-20)35-27-17-29-31(18-28(27)34-22-11-15-25(38-2)16-12-22)37(24-13-8-21(32)9-14-24)30-6-4-3-5-26(30)36-29;1-19-6-9-22(18-31-19)33-25-16-27-29(17-26(25)32-21-12-14-36-15-13-21)35(23-10-7-20(30)8-11-23)28-5-3-2-4-24(28)34-27/h3-10,13-14,17-19,22,25,35H,11-12,15-16H2,1-2H3;2-11,16-18,21,33H,12-15H2,1H3. The molecule has 2 aromatic heterocycles. The molecule has 3 aliphatic carbocycles. The summed E-state index contributed by atoms with van der Waals surface area (Å²) in [7, 11) is 1.80. The number of nitrogens with one attached hydrogen (secondary N) is 2. The summed E-state index contributed by atoms with van der Waals surface area (Å²) in [6, 6.07) is 49.3. The Morgan fingerprint density at radius 1 is 0.541 bits per heavy atom. The molecule has 1 saturated carbocycles. The van der Waals surface area contributed by atoms with Crippen LogP contribution in [0.25, 0.3) is 56.2 Å². The van der Waals surface area contributed by atoms with Crippen molar-refractivity contribution in [1.82, 2.24) is 29.1 Å². The number of hydrogen-bond donors (Lipinski definition) is 2. The third-order valence-corrected chi connectivity index (χ3v) is 14.3. The Morgan fingerprint density at radius 3 is 1.42 bits per heavy atom. The summed E-state index contributed by atoms with van der Waals surface area (Å²) in [4.78, 5) is 29.4. The monoisotopic (exact) mass is 1020 g/mol. The van der Waals surface area contributed by atoms with Crippen LogP contribution in [-0.2, 0) is 9.47 Å². The van der Waals surface area contributed by atoms with Crippen LogP contribution in [0.3, 0.4) is 0 Å². The van der Waals surface area contributed by atoms with E-state index < -0.39 is 0 Å². The highest BCUT2D eigenvalue weighted by atomic mass is 35.5. The fourth-order valence-electron chi connectivity index (χ4n) is 9.85. The number of aromatic nitrogens is 6. The fraction of sp³-hybridized carbons (Fsp3) is 0.233. The van der Waals surface area contributed by atoms with Crippen LogP contribution in [0.5, 0.6) is 0 Å². The Balaban J connectivity index is 0.000000159. The molecule has 3 aliphatic heterocycles. The Kier molecular flexibility index (Phi) is 14.5. The number of halogens is 2. The lowest BCUT2D eigenvalue weighted by atomic mass is 9.93. The van der Waals surface area contributed by atoms with Crippen molar-refractivity contribution < 1.29 is 9.47 Å². The van der Waals surface area contributed by atoms with E-state index >= 15 is 0 Å². The number of ether oxygens (including phenoxy) is 2. The van der Waals surface area contributed by atoms with Gasteiger partial charge in [-0.05, 0) is 174 Å². The highest BCUT2D eigenvalue weighted by molar-refractivity contribution is 6.30. The van der Waals surface area contributed by atoms with E-state index in [0.29, 0.717) is 16.1 Å². The van der Waals surface area contributed by atoms with Crippen molar-refractivity contribution in [2.75, 3.05) is 31.0 Å². The first-order chi connectivity index (χ1) is 36.2. The van der Waals surface area contributed by atoms with Crippen molar-refractivity contribution in [3.05, 3.63) is 190 Å². The average molecular weight is 1020 g/mol. The lowest BCUT2D eigenvalue weighted by Crippen LogP contribution is -2.25. The summed E-state index contributed by atoms with van der Waals surface area (Å²) in [6.45, 7) is 5.45. The van der Waals surface area contributed by atoms with Gasteiger partial charge in [-0.25, -0.2) is 9.97 Å². The van der Waals surface area contributed by atoms with Gasteiger partial charge in [-0.15, -0.1) is 0 Å². The molecule has 372 valence electrons. The average Bonchev–Trinajstić information content (AvgIpc) is 3.42. The minimum Gasteiger partial charge on any atom is -0.381 e. The van der Waals surface area contributed by atoms with E-state index in [2.05, 4.69) is 66.1 Å². The molecule has 74 heavy (non-hydrogen) atoms. The number of fused-ring (bicyclic) bond motifs is 4. The number of nitrogens with zero attached hydrogens (tertiary/aromatic N) is 8. The van der Waals surface area contributed by atoms with Gasteiger partial charge in [0.2, 0.25) is 0 Å². The van der Waals surface area contributed by atoms with E-state index in [1.165, 1.54) is 0 Å². The second-order valence-corrected chi connectivity index (χ2v) is 19.8. The lowest BCUT2D eigenvalue weighted by molar-refractivity contribution is 0.0663. The van der Waals surface area contributed by atoms with Crippen molar-refractivity contribution in [3.63, 3.8) is 0 Å². The molecule has 0 unspecified atom stereocenters. The third kappa shape index (κ3) is 10.9. The molecule has 0 amide bonds. The zero-order valence-electron chi connectivity index (χ0n) is 41.6. The first-order valence-electron chi connectivity index (χ1n) is 25.2. The highest BCUT2D eigenvalue weighted by Gasteiger charge is 2.23. The van der Waals surface area contributed by atoms with Gasteiger partial charge < -0.3 is 29.2 Å². The number of anilines is 4. The molecule has 1 saturated heterocycles. The van der Waals surface area contributed by atoms with E-state index in [1.54, 1.807) is 7.11 Å². The summed E-state index contributed by atoms with van der Waals surface area (Å²) in [5.41, 5.74) is 15.2. The van der Waals surface area contributed by atoms with E-state index in [9.17, 15) is 0 Å². The number of pyridine rings is 2. The van der Waals surface area contributed by atoms with Crippen LogP contribution >= 0.6 is 23.2 Å². The molecule has 0 bridgehead atoms. The van der Waals surface area contributed by atoms with Crippen molar-refractivity contribution in [2.24, 2.45) is 9.98 Å². The van der Waals surface area contributed by atoms with Crippen LogP contribution in [0.15, 0.2) is 168 Å². The smallest absolute Gasteiger partial charge is 0.0900 e. The molecular weight excluding hydrogens is 964 g/mol. The molecule has 5 heterocycles. The van der Waals surface area contributed by atoms with E-state index in [0.717, 1.165) is 153 Å². The zero-order chi connectivity index (χ0) is 50.5. The zero-order valence-corrected chi connectivity index (χ0v) is 43.1. The quantitative estimate of drug-likeness (QED) is 0.137. The molecular formula is C60H56Cl2N10O2. The van der Waals surface area contributed by atoms with Crippen LogP contribution in [0.4, 0.5) is 22.7 Å². The molecule has 12 rings (SSSR count). The van der Waals surface area contributed by atoms with Crippen molar-refractivity contribution >= 4 is 68.0 Å². The van der Waals surface area contributed by atoms with Crippen LogP contribution in [0.1, 0.15) is 49.9 Å². The highest BCUT2D eigenvalue weighted by Crippen LogP contribution is 2.34. The van der Waals surface area contributed by atoms with Crippen molar-refractivity contribution in [2.45, 2.75) is 70.6 Å². The number of methoxy groups -OCH3 is 1. The van der Waals surface area contributed by atoms with E-state index in [-0.39, 0.29) is 12.1 Å². The third-order valence-electron chi connectivity index (χ3n) is 13.8. The van der Waals surface area contributed by atoms with Crippen LogP contribution in [0.2, 0.25) is 10.0 Å². The Bertz CT molecular complexity index is 3640. The van der Waals surface area contributed by atoms with Gasteiger partial charge in [-0.2, -0.15) is 0 Å². The van der Waals surface area contributed by atoms with Crippen LogP contribution in [0, 0.1) is 13.8 Å². The second kappa shape index (κ2) is 21.9. The predicted molar refractivity (Wildman–Crippen MR) is 298 cm³/mol. The SMILES string of the molecule is COC1CCC(N=c2cc3n(-c4ccc(Cl)cc4)c4ccccc4nc-3cc2Nc2ccc(C)nc2)CC1.Cc1ccc(Nc2cc3nc4ccccc4n(-c4ccc(Cl)cc4)c-3cc2=NC2CCOCC2)cn1. The molecule has 0 spiro atoms. The Hall–Kier alpha value is -7.48. The fourth-order valence-corrected chi connectivity index (χ4v) is 10.1. The first kappa shape index (κ1) is 48.8. The molecule has 12 nitrogen and oxygen atoms in total. The maximum Gasteiger partial charge on any atom is 0.0900 e. The molecule has 14 heteroatoms. The molecule has 2 N–H and O–H groups in total. The molecule has 2 fully saturated rings. The topological polar surface area (TPSA) is 129 Å². The number of benzene rings is 6. The first-order valence-corrected chi connectivity index (χ1v) is 26.0. The maximum atomic E-state index is 6.24. The maximum absolute atomic E-state index is 6.24. The number of para-hydroxylation sites is 4. The van der Waals surface area contributed by atoms with Crippen LogP contribution < -0.4 is 21.3 Å². The minimum absolute atomic E-state index is 0.213. The Labute approximate surface area is 440 Å². The van der Waals surface area contributed by atoms with Crippen molar-refractivity contribution in [1.29, 1.82) is 0 Å². The van der Waals surface area contributed by atoms with Gasteiger partial charge in [0, 0.05) is 53.1 Å². The Morgan fingerprint density at radius 2 is 0.986 bits per heavy atom. The summed E-state index contributed by atoms with van der Waals surface area (Å²) in [5.74, 6) is 0. The van der Waals surface area contributed by atoms with Crippen molar-refractivity contribution in [3.8, 4) is 34.2 Å². The minimum atomic E-state index is 0.213. The molecule has 0 radical (unpaired) electrons. The van der Waals surface area contributed by atoms with E-state index in [1.807, 2.05) is 135 Å². The van der Waals surface area contributed by atoms with E-state index in [4.69, 9.17) is 52.6 Å². The van der Waals surface area contributed by atoms with Gasteiger partial charge in [-0.3, -0.25) is 20.0 Å². The number of hydrogen-bond acceptors (Lipinski definition) is 10. The second-order valence-electron chi connectivity index (χ2n) is 18.9. The summed E-state index contributed by atoms with van der Waals surface area (Å²) in [6.07, 6.45) is 9.93. The van der Waals surface area contributed by atoms with Gasteiger partial charge >= 0.3 is 0 Å². The molecule has 6 aromatic rings. The summed E-state index contributed by atoms with van der Waals surface area (Å²) >= 11 is 12.5. The van der Waals surface area contributed by atoms with Gasteiger partial charge in [0.15, 0.2) is 0 Å². The van der Waals surface area contributed by atoms with Gasteiger partial charge in [0.25, 0.3) is 0 Å². The molecule has 6 aliphatic rings. The predicted octanol–water partition coefficient (Wildman–Crippen LogP) is 13.4. The molecule has 0 atom stereocenters. The number of rotatable bonds is 9. The van der Waals surface area contributed by atoms with Crippen LogP contribution in [-0.4, -0.2) is 67.6 Å². The number of aryl methyl sites for hydroxylation is 2. The van der Waals surface area contributed by atoms with Gasteiger partial charge in [-0.1, -0.05) is 47.5 Å². The van der Waals surface area contributed by atoms with Gasteiger partial charge in [0.1, 0.15) is 0 Å².